The first-order valence-electron chi connectivity index (χ1n) is 8.19. The first-order chi connectivity index (χ1) is 12.1. The summed E-state index contributed by atoms with van der Waals surface area (Å²) in [6, 6.07) is 8.68. The van der Waals surface area contributed by atoms with E-state index >= 15 is 0 Å². The molecule has 0 spiro atoms. The fraction of sp³-hybridized carbons (Fsp3) is 0.389. The van der Waals surface area contributed by atoms with E-state index < -0.39 is 18.1 Å². The number of ether oxygens (including phenoxy) is 2. The lowest BCUT2D eigenvalue weighted by atomic mass is 10.1. The van der Waals surface area contributed by atoms with Gasteiger partial charge in [-0.3, -0.25) is 19.5 Å². The van der Waals surface area contributed by atoms with Gasteiger partial charge in [-0.2, -0.15) is 0 Å². The largest absolute Gasteiger partial charge is 0.451 e. The van der Waals surface area contributed by atoms with Gasteiger partial charge in [0.2, 0.25) is 0 Å². The summed E-state index contributed by atoms with van der Waals surface area (Å²) in [5.41, 5.74) is 1.42. The molecule has 2 aromatic rings. The molecular formula is C18H21N3O4. The molecule has 1 aromatic heterocycles. The third kappa shape index (κ3) is 3.94. The second-order valence-corrected chi connectivity index (χ2v) is 6.02. The number of fused-ring (bicyclic) bond motifs is 1. The third-order valence-electron chi connectivity index (χ3n) is 4.23. The Morgan fingerprint density at radius 1 is 1.36 bits per heavy atom. The summed E-state index contributed by atoms with van der Waals surface area (Å²) in [4.78, 5) is 30.8. The van der Waals surface area contributed by atoms with Gasteiger partial charge in [0.05, 0.1) is 24.4 Å². The van der Waals surface area contributed by atoms with Gasteiger partial charge in [-0.15, -0.1) is 0 Å². The SMILES string of the molecule is C[C@H](OC(=O)[C@@H]1COCCN1C)C(=O)Nc1cccc2ncccc12. The van der Waals surface area contributed by atoms with Crippen LogP contribution in [0.1, 0.15) is 6.92 Å². The van der Waals surface area contributed by atoms with Crippen LogP contribution in [0.15, 0.2) is 36.5 Å². The number of esters is 1. The summed E-state index contributed by atoms with van der Waals surface area (Å²) in [5.74, 6) is -0.839. The number of carbonyl (C=O) groups excluding carboxylic acids is 2. The van der Waals surface area contributed by atoms with Crippen molar-refractivity contribution in [3.05, 3.63) is 36.5 Å². The molecule has 1 aliphatic heterocycles. The minimum absolute atomic E-state index is 0.276. The van der Waals surface area contributed by atoms with E-state index in [1.807, 2.05) is 30.1 Å². The van der Waals surface area contributed by atoms with Crippen molar-refractivity contribution in [1.29, 1.82) is 0 Å². The Hall–Kier alpha value is -2.51. The van der Waals surface area contributed by atoms with E-state index in [1.165, 1.54) is 0 Å². The van der Waals surface area contributed by atoms with Crippen LogP contribution in [0.3, 0.4) is 0 Å². The van der Waals surface area contributed by atoms with E-state index in [1.54, 1.807) is 25.3 Å². The van der Waals surface area contributed by atoms with Gasteiger partial charge < -0.3 is 14.8 Å². The Bertz CT molecular complexity index is 775. The summed E-state index contributed by atoms with van der Waals surface area (Å²) in [7, 11) is 1.84. The number of nitrogens with zero attached hydrogens (tertiary/aromatic N) is 2. The second kappa shape index (κ2) is 7.58. The predicted molar refractivity (Wildman–Crippen MR) is 93.2 cm³/mol. The quantitative estimate of drug-likeness (QED) is 0.846. The van der Waals surface area contributed by atoms with Crippen LogP contribution in [0.5, 0.6) is 0 Å². The number of rotatable bonds is 4. The molecule has 1 aliphatic rings. The Kier molecular flexibility index (Phi) is 5.25. The molecule has 1 N–H and O–H groups in total. The number of anilines is 1. The van der Waals surface area contributed by atoms with Crippen LogP contribution < -0.4 is 5.32 Å². The Labute approximate surface area is 145 Å². The standard InChI is InChI=1S/C18H21N3O4/c1-12(25-18(23)16-11-24-10-9-21(16)2)17(22)20-15-7-3-6-14-13(15)5-4-8-19-14/h3-8,12,16H,9-11H2,1-2H3,(H,20,22)/t12-,16-/m0/s1. The van der Waals surface area contributed by atoms with Crippen LogP contribution in [0, 0.1) is 0 Å². The highest BCUT2D eigenvalue weighted by atomic mass is 16.6. The van der Waals surface area contributed by atoms with E-state index in [0.29, 0.717) is 18.8 Å². The van der Waals surface area contributed by atoms with E-state index in [0.717, 1.165) is 10.9 Å². The van der Waals surface area contributed by atoms with Crippen molar-refractivity contribution in [2.24, 2.45) is 0 Å². The molecule has 3 rings (SSSR count). The van der Waals surface area contributed by atoms with Crippen molar-refractivity contribution in [3.63, 3.8) is 0 Å². The monoisotopic (exact) mass is 343 g/mol. The van der Waals surface area contributed by atoms with Crippen molar-refractivity contribution in [1.82, 2.24) is 9.88 Å². The summed E-state index contributed by atoms with van der Waals surface area (Å²) in [5, 5.41) is 3.63. The number of carbonyl (C=O) groups is 2. The zero-order chi connectivity index (χ0) is 17.8. The summed E-state index contributed by atoms with van der Waals surface area (Å²) < 4.78 is 10.6. The van der Waals surface area contributed by atoms with Crippen molar-refractivity contribution < 1.29 is 19.1 Å². The zero-order valence-corrected chi connectivity index (χ0v) is 14.3. The van der Waals surface area contributed by atoms with Gasteiger partial charge >= 0.3 is 5.97 Å². The average Bonchev–Trinajstić information content (AvgIpc) is 2.62. The van der Waals surface area contributed by atoms with Gasteiger partial charge in [0.1, 0.15) is 6.04 Å². The number of nitrogens with one attached hydrogen (secondary N) is 1. The molecule has 1 saturated heterocycles. The maximum atomic E-state index is 12.4. The minimum Gasteiger partial charge on any atom is -0.451 e. The molecular weight excluding hydrogens is 322 g/mol. The van der Waals surface area contributed by atoms with Crippen LogP contribution in [-0.2, 0) is 19.1 Å². The molecule has 0 unspecified atom stereocenters. The van der Waals surface area contributed by atoms with Crippen molar-refractivity contribution >= 4 is 28.5 Å². The summed E-state index contributed by atoms with van der Waals surface area (Å²) >= 11 is 0. The number of hydrogen-bond donors (Lipinski definition) is 1. The van der Waals surface area contributed by atoms with Crippen LogP contribution in [0.25, 0.3) is 10.9 Å². The topological polar surface area (TPSA) is 80.8 Å². The Morgan fingerprint density at radius 3 is 3.00 bits per heavy atom. The predicted octanol–water partition coefficient (Wildman–Crippen LogP) is 1.44. The van der Waals surface area contributed by atoms with Crippen LogP contribution >= 0.6 is 0 Å². The van der Waals surface area contributed by atoms with E-state index in [4.69, 9.17) is 9.47 Å². The first kappa shape index (κ1) is 17.3. The number of morpholine rings is 1. The van der Waals surface area contributed by atoms with E-state index in [2.05, 4.69) is 10.3 Å². The van der Waals surface area contributed by atoms with Gasteiger partial charge in [-0.05, 0) is 38.2 Å². The van der Waals surface area contributed by atoms with Crippen molar-refractivity contribution in [2.75, 3.05) is 32.1 Å². The smallest absolute Gasteiger partial charge is 0.326 e. The molecule has 1 amide bonds. The highest BCUT2D eigenvalue weighted by Gasteiger charge is 2.30. The fourth-order valence-electron chi connectivity index (χ4n) is 2.69. The maximum absolute atomic E-state index is 12.4. The van der Waals surface area contributed by atoms with Gasteiger partial charge in [0.25, 0.3) is 5.91 Å². The molecule has 7 heteroatoms. The molecule has 1 fully saturated rings. The highest BCUT2D eigenvalue weighted by molar-refractivity contribution is 6.02. The lowest BCUT2D eigenvalue weighted by Crippen LogP contribution is -2.49. The van der Waals surface area contributed by atoms with Crippen LogP contribution in [-0.4, -0.2) is 60.7 Å². The number of likely N-dealkylation sites (N-methyl/N-ethyl adjacent to an activating group) is 1. The van der Waals surface area contributed by atoms with Crippen LogP contribution in [0.2, 0.25) is 0 Å². The molecule has 25 heavy (non-hydrogen) atoms. The lowest BCUT2D eigenvalue weighted by Gasteiger charge is -2.31. The van der Waals surface area contributed by atoms with Gasteiger partial charge in [-0.25, -0.2) is 0 Å². The Balaban J connectivity index is 1.65. The van der Waals surface area contributed by atoms with Gasteiger partial charge in [-0.1, -0.05) is 6.07 Å². The molecule has 0 radical (unpaired) electrons. The zero-order valence-electron chi connectivity index (χ0n) is 14.3. The normalized spacial score (nSPS) is 19.4. The van der Waals surface area contributed by atoms with Crippen molar-refractivity contribution in [2.45, 2.75) is 19.1 Å². The Morgan fingerprint density at radius 2 is 2.20 bits per heavy atom. The van der Waals surface area contributed by atoms with Gasteiger partial charge in [0.15, 0.2) is 6.10 Å². The number of amides is 1. The maximum Gasteiger partial charge on any atom is 0.326 e. The molecule has 7 nitrogen and oxygen atoms in total. The molecule has 0 saturated carbocycles. The summed E-state index contributed by atoms with van der Waals surface area (Å²) in [6.45, 7) is 3.08. The van der Waals surface area contributed by atoms with Gasteiger partial charge in [0, 0.05) is 18.1 Å². The van der Waals surface area contributed by atoms with Crippen molar-refractivity contribution in [3.8, 4) is 0 Å². The fourth-order valence-corrected chi connectivity index (χ4v) is 2.69. The van der Waals surface area contributed by atoms with E-state index in [-0.39, 0.29) is 12.5 Å². The molecule has 2 heterocycles. The first-order valence-corrected chi connectivity index (χ1v) is 8.19. The number of pyridine rings is 1. The molecule has 0 bridgehead atoms. The number of benzene rings is 1. The van der Waals surface area contributed by atoms with Crippen LogP contribution in [0.4, 0.5) is 5.69 Å². The molecule has 132 valence electrons. The molecule has 1 aromatic carbocycles. The lowest BCUT2D eigenvalue weighted by molar-refractivity contribution is -0.163. The summed E-state index contributed by atoms with van der Waals surface area (Å²) in [6.07, 6.45) is 0.788. The number of aromatic nitrogens is 1. The van der Waals surface area contributed by atoms with E-state index in [9.17, 15) is 9.59 Å². The average molecular weight is 343 g/mol. The minimum atomic E-state index is -0.908. The number of hydrogen-bond acceptors (Lipinski definition) is 6. The third-order valence-corrected chi connectivity index (χ3v) is 4.23. The molecule has 0 aliphatic carbocycles. The molecule has 2 atom stereocenters. The second-order valence-electron chi connectivity index (χ2n) is 6.02. The highest BCUT2D eigenvalue weighted by Crippen LogP contribution is 2.21.